The van der Waals surface area contributed by atoms with Gasteiger partial charge in [-0.1, -0.05) is 65.8 Å². The minimum Gasteiger partial charge on any atom is -0.489 e. The normalized spacial score (nSPS) is 13.3. The van der Waals surface area contributed by atoms with Crippen LogP contribution in [0.4, 0.5) is 4.79 Å². The number of ether oxygens (including phenoxy) is 2. The summed E-state index contributed by atoms with van der Waals surface area (Å²) in [6.07, 6.45) is 0.974. The Balaban J connectivity index is 1.58. The molecule has 10 heteroatoms. The molecule has 0 bridgehead atoms. The third-order valence-corrected chi connectivity index (χ3v) is 8.38. The molecule has 1 atom stereocenters. The molecule has 1 unspecified atom stereocenters. The van der Waals surface area contributed by atoms with Gasteiger partial charge in [0, 0.05) is 20.4 Å². The Labute approximate surface area is 252 Å². The molecule has 3 rings (SSSR count). The third-order valence-electron chi connectivity index (χ3n) is 6.25. The summed E-state index contributed by atoms with van der Waals surface area (Å²) in [6.45, 7) is 7.58. The summed E-state index contributed by atoms with van der Waals surface area (Å²) in [5.41, 5.74) is 0.540. The van der Waals surface area contributed by atoms with Crippen LogP contribution >= 0.6 is 31.0 Å². The predicted molar refractivity (Wildman–Crippen MR) is 165 cm³/mol. The molecule has 3 aromatic rings. The molecule has 0 aliphatic heterocycles. The largest absolute Gasteiger partial charge is 0.489 e. The maximum Gasteiger partial charge on any atom is 0.408 e. The Morgan fingerprint density at radius 2 is 1.66 bits per heavy atom. The molecule has 3 aromatic carbocycles. The van der Waals surface area contributed by atoms with Crippen LogP contribution in [-0.4, -0.2) is 33.2 Å². The molecule has 0 aliphatic rings. The van der Waals surface area contributed by atoms with Crippen LogP contribution in [0.25, 0.3) is 0 Å². The fourth-order valence-electron chi connectivity index (χ4n) is 4.16. The molecule has 0 saturated heterocycles. The number of hydrogen-bond acceptors (Lipinski definition) is 5. The van der Waals surface area contributed by atoms with E-state index < -0.39 is 24.8 Å². The van der Waals surface area contributed by atoms with Crippen LogP contribution in [0.3, 0.4) is 0 Å². The molecule has 1 amide bonds. The first-order valence-electron chi connectivity index (χ1n) is 13.5. The Hall–Kier alpha value is -2.48. The molecular weight excluding hydrogens is 581 g/mol. The first-order chi connectivity index (χ1) is 19.2. The molecule has 0 fully saturated rings. The summed E-state index contributed by atoms with van der Waals surface area (Å²) in [7, 11) is -4.22. The number of alkyl carbamates (subject to hydrolysis) is 1. The first-order valence-corrected chi connectivity index (χ1v) is 16.5. The zero-order valence-electron chi connectivity index (χ0n) is 23.9. The number of amides is 1. The van der Waals surface area contributed by atoms with Crippen molar-refractivity contribution in [3.05, 3.63) is 88.9 Å². The second-order valence-corrected chi connectivity index (χ2v) is 14.6. The number of rotatable bonds is 13. The van der Waals surface area contributed by atoms with Crippen LogP contribution in [0.5, 0.6) is 5.75 Å². The molecule has 7 nitrogen and oxygen atoms in total. The number of carbonyl (C=O) groups is 1. The summed E-state index contributed by atoms with van der Waals surface area (Å²) in [5, 5.41) is 3.47. The highest BCUT2D eigenvalue weighted by Gasteiger charge is 2.31. The molecule has 222 valence electrons. The second kappa shape index (κ2) is 14.6. The average Bonchev–Trinajstić information content (AvgIpc) is 2.87. The quantitative estimate of drug-likeness (QED) is 0.165. The smallest absolute Gasteiger partial charge is 0.408 e. The number of benzene rings is 3. The van der Waals surface area contributed by atoms with Gasteiger partial charge in [-0.15, -0.1) is 0 Å². The van der Waals surface area contributed by atoms with Gasteiger partial charge >= 0.3 is 13.7 Å². The lowest BCUT2D eigenvalue weighted by molar-refractivity contribution is 0.0453. The molecule has 0 aliphatic carbocycles. The van der Waals surface area contributed by atoms with Crippen molar-refractivity contribution in [3.63, 3.8) is 0 Å². The highest BCUT2D eigenvalue weighted by molar-refractivity contribution is 7.99. The van der Waals surface area contributed by atoms with Crippen molar-refractivity contribution in [2.45, 2.75) is 80.9 Å². The van der Waals surface area contributed by atoms with Gasteiger partial charge in [-0.05, 0) is 94.8 Å². The van der Waals surface area contributed by atoms with E-state index in [0.29, 0.717) is 30.9 Å². The first kappa shape index (κ1) is 33.0. The molecule has 0 aromatic heterocycles. The predicted octanol–water partition coefficient (Wildman–Crippen LogP) is 8.24. The highest BCUT2D eigenvalue weighted by Crippen LogP contribution is 2.38. The van der Waals surface area contributed by atoms with E-state index >= 15 is 0 Å². The van der Waals surface area contributed by atoms with Gasteiger partial charge in [0.2, 0.25) is 0 Å². The summed E-state index contributed by atoms with van der Waals surface area (Å²) in [5.74, 6) is 0.795. The van der Waals surface area contributed by atoms with Gasteiger partial charge in [0.05, 0.1) is 6.16 Å². The average molecular weight is 620 g/mol. The van der Waals surface area contributed by atoms with E-state index in [1.54, 1.807) is 39.5 Å². The molecule has 41 heavy (non-hydrogen) atoms. The van der Waals surface area contributed by atoms with Crippen molar-refractivity contribution >= 4 is 37.1 Å². The maximum absolute atomic E-state index is 12.4. The van der Waals surface area contributed by atoms with Gasteiger partial charge in [0.1, 0.15) is 18.0 Å². The van der Waals surface area contributed by atoms with Gasteiger partial charge in [-0.2, -0.15) is 0 Å². The van der Waals surface area contributed by atoms with Crippen LogP contribution in [0.2, 0.25) is 5.02 Å². The van der Waals surface area contributed by atoms with Gasteiger partial charge in [-0.25, -0.2) is 4.79 Å². The lowest BCUT2D eigenvalue weighted by atomic mass is 9.91. The lowest BCUT2D eigenvalue weighted by Gasteiger charge is -2.32. The van der Waals surface area contributed by atoms with Gasteiger partial charge in [0.25, 0.3) is 0 Å². The van der Waals surface area contributed by atoms with E-state index in [-0.39, 0.29) is 12.6 Å². The van der Waals surface area contributed by atoms with Gasteiger partial charge in [-0.3, -0.25) is 4.57 Å². The Bertz CT molecular complexity index is 1340. The summed E-state index contributed by atoms with van der Waals surface area (Å²) in [6, 6.07) is 23.9. The van der Waals surface area contributed by atoms with Crippen molar-refractivity contribution < 1.29 is 28.6 Å². The van der Waals surface area contributed by atoms with Crippen LogP contribution in [0.15, 0.2) is 82.6 Å². The minimum absolute atomic E-state index is 0.119. The monoisotopic (exact) mass is 619 g/mol. The van der Waals surface area contributed by atoms with E-state index in [4.69, 9.17) is 21.1 Å². The Morgan fingerprint density at radius 3 is 2.32 bits per heavy atom. The Morgan fingerprint density at radius 1 is 0.951 bits per heavy atom. The Kier molecular flexibility index (Phi) is 11.8. The molecule has 0 spiro atoms. The zero-order chi connectivity index (χ0) is 30.1. The lowest BCUT2D eigenvalue weighted by Crippen LogP contribution is -2.48. The standard InChI is InChI=1S/C31H39ClNO6PS/c1-30(2,3)39-29(34)33-31(4,18-19-40(35,36)37)17-9-12-24-15-16-27(21-28(24)32)41-26-14-8-13-25(20-26)38-22-23-10-6-5-7-11-23/h5-8,10-11,13-16,20-21H,9,12,17-19,22H2,1-4H3,(H,33,34)(H2,35,36,37). The third kappa shape index (κ3) is 12.5. The molecule has 0 radical (unpaired) electrons. The number of carbonyl (C=O) groups excluding carboxylic acids is 1. The summed E-state index contributed by atoms with van der Waals surface area (Å²) in [4.78, 5) is 33.3. The topological polar surface area (TPSA) is 105 Å². The van der Waals surface area contributed by atoms with E-state index in [1.807, 2.05) is 72.8 Å². The number of hydrogen-bond donors (Lipinski definition) is 3. The van der Waals surface area contributed by atoms with E-state index in [0.717, 1.165) is 26.7 Å². The van der Waals surface area contributed by atoms with Gasteiger partial charge < -0.3 is 24.6 Å². The van der Waals surface area contributed by atoms with E-state index in [1.165, 1.54) is 0 Å². The SMILES string of the molecule is CC(CCCc1ccc(Sc2cccc(OCc3ccccc3)c2)cc1Cl)(CCP(=O)(O)O)NC(=O)OC(C)(C)C. The number of nitrogens with one attached hydrogen (secondary N) is 1. The fourth-order valence-corrected chi connectivity index (χ4v) is 6.19. The highest BCUT2D eigenvalue weighted by atomic mass is 35.5. The molecule has 0 heterocycles. The van der Waals surface area contributed by atoms with Crippen LogP contribution < -0.4 is 10.1 Å². The maximum atomic E-state index is 12.4. The van der Waals surface area contributed by atoms with Crippen molar-refractivity contribution in [1.29, 1.82) is 0 Å². The van der Waals surface area contributed by atoms with Crippen LogP contribution in [-0.2, 0) is 22.3 Å². The number of aryl methyl sites for hydroxylation is 1. The van der Waals surface area contributed by atoms with Crippen molar-refractivity contribution in [3.8, 4) is 5.75 Å². The summed E-state index contributed by atoms with van der Waals surface area (Å²) < 4.78 is 22.9. The van der Waals surface area contributed by atoms with Crippen molar-refractivity contribution in [2.24, 2.45) is 0 Å². The van der Waals surface area contributed by atoms with Crippen LogP contribution in [0, 0.1) is 0 Å². The second-order valence-electron chi connectivity index (χ2n) is 11.3. The number of halogens is 1. The molecule has 0 saturated carbocycles. The summed E-state index contributed by atoms with van der Waals surface area (Å²) >= 11 is 8.24. The fraction of sp³-hybridized carbons (Fsp3) is 0.387. The van der Waals surface area contributed by atoms with E-state index in [2.05, 4.69) is 5.32 Å². The van der Waals surface area contributed by atoms with Crippen molar-refractivity contribution in [2.75, 3.05) is 6.16 Å². The van der Waals surface area contributed by atoms with Gasteiger partial charge in [0.15, 0.2) is 0 Å². The minimum atomic E-state index is -4.22. The molecular formula is C31H39ClNO6PS. The van der Waals surface area contributed by atoms with E-state index in [9.17, 15) is 19.1 Å². The van der Waals surface area contributed by atoms with Crippen molar-refractivity contribution in [1.82, 2.24) is 5.32 Å². The zero-order valence-corrected chi connectivity index (χ0v) is 26.4. The van der Waals surface area contributed by atoms with Crippen LogP contribution in [0.1, 0.15) is 58.1 Å². The molecule has 3 N–H and O–H groups in total.